The number of carbonyl (C=O) groups is 1. The number of aromatic nitrogens is 1. The van der Waals surface area contributed by atoms with Crippen LogP contribution in [-0.4, -0.2) is 28.3 Å². The number of nitrogens with zero attached hydrogens (tertiary/aromatic N) is 1. The molecule has 0 saturated carbocycles. The maximum Gasteiger partial charge on any atom is 0.227 e. The predicted octanol–water partition coefficient (Wildman–Crippen LogP) is 2.06. The van der Waals surface area contributed by atoms with Crippen LogP contribution in [-0.2, 0) is 4.79 Å². The number of aryl methyl sites for hydroxylation is 2. The van der Waals surface area contributed by atoms with Crippen molar-refractivity contribution in [3.63, 3.8) is 0 Å². The van der Waals surface area contributed by atoms with Crippen LogP contribution in [0.5, 0.6) is 0 Å². The summed E-state index contributed by atoms with van der Waals surface area (Å²) in [5.41, 5.74) is 0.740. The fourth-order valence-electron chi connectivity index (χ4n) is 2.14. The van der Waals surface area contributed by atoms with Gasteiger partial charge >= 0.3 is 0 Å². The third-order valence-electron chi connectivity index (χ3n) is 3.82. The Kier molecular flexibility index (Phi) is 5.11. The van der Waals surface area contributed by atoms with Crippen molar-refractivity contribution in [1.82, 2.24) is 10.5 Å². The molecule has 0 aliphatic heterocycles. The van der Waals surface area contributed by atoms with Gasteiger partial charge in [0.1, 0.15) is 5.76 Å². The summed E-state index contributed by atoms with van der Waals surface area (Å²) >= 11 is 0. The fraction of sp³-hybridized carbons (Fsp3) is 0.714. The molecule has 2 N–H and O–H groups in total. The highest BCUT2D eigenvalue weighted by Crippen LogP contribution is 2.23. The molecule has 0 aliphatic rings. The average molecular weight is 268 g/mol. The summed E-state index contributed by atoms with van der Waals surface area (Å²) in [5.74, 6) is 0.223. The zero-order valence-corrected chi connectivity index (χ0v) is 12.4. The normalized spacial score (nSPS) is 13.4. The van der Waals surface area contributed by atoms with Crippen molar-refractivity contribution in [2.24, 2.45) is 0 Å². The molecule has 1 heterocycles. The summed E-state index contributed by atoms with van der Waals surface area (Å²) in [7, 11) is 0. The van der Waals surface area contributed by atoms with E-state index in [9.17, 15) is 9.90 Å². The van der Waals surface area contributed by atoms with E-state index in [0.717, 1.165) is 11.3 Å². The molecule has 0 aromatic carbocycles. The molecule has 1 rings (SSSR count). The van der Waals surface area contributed by atoms with Crippen LogP contribution in [0.25, 0.3) is 0 Å². The van der Waals surface area contributed by atoms with E-state index in [2.05, 4.69) is 10.5 Å². The predicted molar refractivity (Wildman–Crippen MR) is 72.9 cm³/mol. The summed E-state index contributed by atoms with van der Waals surface area (Å²) in [5, 5.41) is 16.8. The van der Waals surface area contributed by atoms with Gasteiger partial charge in [-0.05, 0) is 33.6 Å². The average Bonchev–Trinajstić information content (AvgIpc) is 2.74. The standard InChI is InChI=1S/C14H24N2O3/c1-6-14(18,7-2)8-15-13(17)9(3)12-10(4)16-19-11(12)5/h9,18H,6-8H2,1-5H3,(H,15,17). The van der Waals surface area contributed by atoms with E-state index in [1.54, 1.807) is 6.92 Å². The highest BCUT2D eigenvalue weighted by molar-refractivity contribution is 5.83. The molecule has 1 aromatic heterocycles. The Labute approximate surface area is 114 Å². The zero-order valence-electron chi connectivity index (χ0n) is 12.4. The molecule has 0 bridgehead atoms. The molecule has 5 heteroatoms. The van der Waals surface area contributed by atoms with Crippen LogP contribution in [0.3, 0.4) is 0 Å². The summed E-state index contributed by atoms with van der Waals surface area (Å²) in [6.45, 7) is 9.53. The third-order valence-corrected chi connectivity index (χ3v) is 3.82. The second-order valence-corrected chi connectivity index (χ2v) is 5.11. The molecule has 1 amide bonds. The van der Waals surface area contributed by atoms with Crippen LogP contribution >= 0.6 is 0 Å². The first kappa shape index (κ1) is 15.7. The van der Waals surface area contributed by atoms with Gasteiger partial charge in [0.15, 0.2) is 0 Å². The lowest BCUT2D eigenvalue weighted by molar-refractivity contribution is -0.123. The van der Waals surface area contributed by atoms with Crippen molar-refractivity contribution in [1.29, 1.82) is 0 Å². The van der Waals surface area contributed by atoms with E-state index in [0.29, 0.717) is 18.6 Å². The molecule has 0 radical (unpaired) electrons. The lowest BCUT2D eigenvalue weighted by Crippen LogP contribution is -2.43. The first-order valence-electron chi connectivity index (χ1n) is 6.77. The van der Waals surface area contributed by atoms with Crippen LogP contribution in [0.15, 0.2) is 4.52 Å². The van der Waals surface area contributed by atoms with Crippen LogP contribution in [0.2, 0.25) is 0 Å². The monoisotopic (exact) mass is 268 g/mol. The minimum absolute atomic E-state index is 0.116. The number of rotatable bonds is 6. The second kappa shape index (κ2) is 6.19. The quantitative estimate of drug-likeness (QED) is 0.828. The topological polar surface area (TPSA) is 75.4 Å². The van der Waals surface area contributed by atoms with Crippen molar-refractivity contribution in [2.75, 3.05) is 6.54 Å². The van der Waals surface area contributed by atoms with Gasteiger partial charge in [0.05, 0.1) is 17.2 Å². The summed E-state index contributed by atoms with van der Waals surface area (Å²) < 4.78 is 5.07. The van der Waals surface area contributed by atoms with Gasteiger partial charge in [-0.2, -0.15) is 0 Å². The molecule has 1 aromatic rings. The summed E-state index contributed by atoms with van der Waals surface area (Å²) in [4.78, 5) is 12.1. The summed E-state index contributed by atoms with van der Waals surface area (Å²) in [6, 6.07) is 0. The fourth-order valence-corrected chi connectivity index (χ4v) is 2.14. The minimum Gasteiger partial charge on any atom is -0.388 e. The highest BCUT2D eigenvalue weighted by atomic mass is 16.5. The van der Waals surface area contributed by atoms with Crippen LogP contribution in [0.1, 0.15) is 56.5 Å². The Balaban J connectivity index is 2.69. The van der Waals surface area contributed by atoms with Crippen molar-refractivity contribution in [2.45, 2.75) is 59.0 Å². The molecule has 19 heavy (non-hydrogen) atoms. The molecule has 0 spiro atoms. The van der Waals surface area contributed by atoms with Gasteiger partial charge < -0.3 is 14.9 Å². The van der Waals surface area contributed by atoms with Gasteiger partial charge in [0, 0.05) is 12.1 Å². The van der Waals surface area contributed by atoms with E-state index >= 15 is 0 Å². The number of amides is 1. The Morgan fingerprint density at radius 2 is 2.00 bits per heavy atom. The lowest BCUT2D eigenvalue weighted by Gasteiger charge is -2.26. The number of hydrogen-bond acceptors (Lipinski definition) is 4. The van der Waals surface area contributed by atoms with Gasteiger partial charge in [-0.25, -0.2) is 0 Å². The van der Waals surface area contributed by atoms with Crippen molar-refractivity contribution in [3.05, 3.63) is 17.0 Å². The first-order valence-corrected chi connectivity index (χ1v) is 6.77. The van der Waals surface area contributed by atoms with Crippen molar-refractivity contribution in [3.8, 4) is 0 Å². The Bertz CT molecular complexity index is 416. The molecule has 1 unspecified atom stereocenters. The Morgan fingerprint density at radius 3 is 2.42 bits per heavy atom. The van der Waals surface area contributed by atoms with E-state index in [-0.39, 0.29) is 18.4 Å². The lowest BCUT2D eigenvalue weighted by atomic mass is 9.95. The van der Waals surface area contributed by atoms with E-state index in [1.165, 1.54) is 0 Å². The van der Waals surface area contributed by atoms with E-state index in [4.69, 9.17) is 4.52 Å². The number of nitrogens with one attached hydrogen (secondary N) is 1. The highest BCUT2D eigenvalue weighted by Gasteiger charge is 2.26. The zero-order chi connectivity index (χ0) is 14.6. The largest absolute Gasteiger partial charge is 0.388 e. The number of aliphatic hydroxyl groups is 1. The van der Waals surface area contributed by atoms with Gasteiger partial charge in [0.25, 0.3) is 0 Å². The van der Waals surface area contributed by atoms with Crippen LogP contribution in [0.4, 0.5) is 0 Å². The third kappa shape index (κ3) is 3.56. The number of carbonyl (C=O) groups excluding carboxylic acids is 1. The Hall–Kier alpha value is -1.36. The number of hydrogen-bond donors (Lipinski definition) is 2. The smallest absolute Gasteiger partial charge is 0.227 e. The first-order chi connectivity index (χ1) is 8.84. The van der Waals surface area contributed by atoms with Gasteiger partial charge in [-0.1, -0.05) is 19.0 Å². The van der Waals surface area contributed by atoms with Crippen LogP contribution < -0.4 is 5.32 Å². The molecule has 108 valence electrons. The molecular weight excluding hydrogens is 244 g/mol. The van der Waals surface area contributed by atoms with Gasteiger partial charge in [-0.15, -0.1) is 0 Å². The van der Waals surface area contributed by atoms with E-state index in [1.807, 2.05) is 27.7 Å². The van der Waals surface area contributed by atoms with Crippen LogP contribution in [0, 0.1) is 13.8 Å². The maximum atomic E-state index is 12.1. The molecular formula is C14H24N2O3. The molecule has 1 atom stereocenters. The van der Waals surface area contributed by atoms with Gasteiger partial charge in [-0.3, -0.25) is 4.79 Å². The van der Waals surface area contributed by atoms with Gasteiger partial charge in [0.2, 0.25) is 5.91 Å². The molecule has 0 fully saturated rings. The Morgan fingerprint density at radius 1 is 1.42 bits per heavy atom. The van der Waals surface area contributed by atoms with E-state index < -0.39 is 5.60 Å². The summed E-state index contributed by atoms with van der Waals surface area (Å²) in [6.07, 6.45) is 1.23. The second-order valence-electron chi connectivity index (χ2n) is 5.11. The SMILES string of the molecule is CCC(O)(CC)CNC(=O)C(C)c1c(C)noc1C. The molecule has 5 nitrogen and oxygen atoms in total. The van der Waals surface area contributed by atoms with Crippen molar-refractivity contribution >= 4 is 5.91 Å². The maximum absolute atomic E-state index is 12.1. The molecule has 0 aliphatic carbocycles. The minimum atomic E-state index is -0.825. The molecule has 0 saturated heterocycles. The van der Waals surface area contributed by atoms with Crippen molar-refractivity contribution < 1.29 is 14.4 Å².